The zero-order valence-electron chi connectivity index (χ0n) is 11.0. The SMILES string of the molecule is CC(C)CCCNS(=O)(=O)c1ccc(F)c(C#N)c1. The lowest BCUT2D eigenvalue weighted by molar-refractivity contribution is 0.539. The van der Waals surface area contributed by atoms with E-state index in [0.29, 0.717) is 12.5 Å². The van der Waals surface area contributed by atoms with Crippen molar-refractivity contribution in [2.24, 2.45) is 5.92 Å². The first-order valence-electron chi connectivity index (χ1n) is 6.06. The van der Waals surface area contributed by atoms with Crippen LogP contribution in [0.4, 0.5) is 4.39 Å². The van der Waals surface area contributed by atoms with Crippen molar-refractivity contribution in [2.75, 3.05) is 6.54 Å². The van der Waals surface area contributed by atoms with Gasteiger partial charge in [-0.05, 0) is 37.0 Å². The van der Waals surface area contributed by atoms with Gasteiger partial charge < -0.3 is 0 Å². The van der Waals surface area contributed by atoms with Crippen LogP contribution in [0.25, 0.3) is 0 Å². The second-order valence-corrected chi connectivity index (χ2v) is 6.45. The van der Waals surface area contributed by atoms with Gasteiger partial charge in [0, 0.05) is 6.54 Å². The highest BCUT2D eigenvalue weighted by atomic mass is 32.2. The summed E-state index contributed by atoms with van der Waals surface area (Å²) in [5, 5.41) is 8.68. The number of hydrogen-bond acceptors (Lipinski definition) is 3. The third kappa shape index (κ3) is 4.62. The first kappa shape index (κ1) is 15.6. The zero-order valence-corrected chi connectivity index (χ0v) is 11.8. The first-order valence-corrected chi connectivity index (χ1v) is 7.54. The van der Waals surface area contributed by atoms with Crippen molar-refractivity contribution in [3.63, 3.8) is 0 Å². The summed E-state index contributed by atoms with van der Waals surface area (Å²) in [6, 6.07) is 4.81. The summed E-state index contributed by atoms with van der Waals surface area (Å²) in [6.07, 6.45) is 1.67. The highest BCUT2D eigenvalue weighted by Gasteiger charge is 2.15. The van der Waals surface area contributed by atoms with E-state index in [1.807, 2.05) is 0 Å². The summed E-state index contributed by atoms with van der Waals surface area (Å²) in [6.45, 7) is 4.46. The van der Waals surface area contributed by atoms with Crippen LogP contribution in [0.15, 0.2) is 23.1 Å². The maximum Gasteiger partial charge on any atom is 0.240 e. The van der Waals surface area contributed by atoms with E-state index in [1.54, 1.807) is 6.07 Å². The quantitative estimate of drug-likeness (QED) is 0.815. The Bertz CT molecular complexity index is 577. The minimum Gasteiger partial charge on any atom is -0.211 e. The van der Waals surface area contributed by atoms with Gasteiger partial charge >= 0.3 is 0 Å². The van der Waals surface area contributed by atoms with Gasteiger partial charge in [-0.25, -0.2) is 17.5 Å². The summed E-state index contributed by atoms with van der Waals surface area (Å²) in [7, 11) is -3.68. The van der Waals surface area contributed by atoms with Crippen LogP contribution in [0.1, 0.15) is 32.3 Å². The molecule has 1 aromatic carbocycles. The van der Waals surface area contributed by atoms with Gasteiger partial charge in [-0.2, -0.15) is 5.26 Å². The Morgan fingerprint density at radius 3 is 2.68 bits per heavy atom. The van der Waals surface area contributed by atoms with E-state index in [9.17, 15) is 12.8 Å². The topological polar surface area (TPSA) is 70.0 Å². The number of hydrogen-bond donors (Lipinski definition) is 1. The molecule has 1 aromatic rings. The van der Waals surface area contributed by atoms with Crippen molar-refractivity contribution in [3.05, 3.63) is 29.6 Å². The van der Waals surface area contributed by atoms with Gasteiger partial charge in [0.2, 0.25) is 10.0 Å². The van der Waals surface area contributed by atoms with Crippen molar-refractivity contribution in [1.82, 2.24) is 4.72 Å². The molecule has 0 aliphatic rings. The van der Waals surface area contributed by atoms with Gasteiger partial charge in [0.25, 0.3) is 0 Å². The molecular formula is C13H17FN2O2S. The number of rotatable bonds is 6. The molecule has 19 heavy (non-hydrogen) atoms. The van der Waals surface area contributed by atoms with Gasteiger partial charge in [-0.1, -0.05) is 13.8 Å². The van der Waals surface area contributed by atoms with E-state index >= 15 is 0 Å². The van der Waals surface area contributed by atoms with Crippen LogP contribution in [-0.4, -0.2) is 15.0 Å². The Balaban J connectivity index is 2.75. The second-order valence-electron chi connectivity index (χ2n) is 4.69. The molecule has 0 aliphatic carbocycles. The Morgan fingerprint density at radius 2 is 2.11 bits per heavy atom. The maximum absolute atomic E-state index is 13.1. The minimum absolute atomic E-state index is 0.0880. The molecule has 0 aromatic heterocycles. The van der Waals surface area contributed by atoms with Gasteiger partial charge in [-0.3, -0.25) is 0 Å². The maximum atomic E-state index is 13.1. The normalized spacial score (nSPS) is 11.5. The third-order valence-electron chi connectivity index (χ3n) is 2.62. The van der Waals surface area contributed by atoms with Crippen LogP contribution >= 0.6 is 0 Å². The van der Waals surface area contributed by atoms with Crippen LogP contribution in [0.3, 0.4) is 0 Å². The zero-order chi connectivity index (χ0) is 14.5. The molecule has 0 saturated heterocycles. The lowest BCUT2D eigenvalue weighted by Gasteiger charge is -2.08. The van der Waals surface area contributed by atoms with Crippen molar-refractivity contribution >= 4 is 10.0 Å². The fourth-order valence-corrected chi connectivity index (χ4v) is 2.66. The summed E-state index contributed by atoms with van der Waals surface area (Å²) in [5.41, 5.74) is -0.273. The highest BCUT2D eigenvalue weighted by molar-refractivity contribution is 7.89. The Morgan fingerprint density at radius 1 is 1.42 bits per heavy atom. The van der Waals surface area contributed by atoms with E-state index in [0.717, 1.165) is 31.0 Å². The van der Waals surface area contributed by atoms with Crippen LogP contribution in [-0.2, 0) is 10.0 Å². The van der Waals surface area contributed by atoms with Crippen molar-refractivity contribution in [3.8, 4) is 6.07 Å². The summed E-state index contributed by atoms with van der Waals surface area (Å²) in [5.74, 6) is -0.207. The molecule has 0 aliphatic heterocycles. The smallest absolute Gasteiger partial charge is 0.211 e. The average Bonchev–Trinajstić information content (AvgIpc) is 2.35. The lowest BCUT2D eigenvalue weighted by Crippen LogP contribution is -2.25. The Kier molecular flexibility index (Phi) is 5.45. The number of nitrogens with zero attached hydrogens (tertiary/aromatic N) is 1. The predicted molar refractivity (Wildman–Crippen MR) is 70.4 cm³/mol. The Hall–Kier alpha value is -1.45. The van der Waals surface area contributed by atoms with E-state index in [2.05, 4.69) is 18.6 Å². The van der Waals surface area contributed by atoms with Gasteiger partial charge in [0.15, 0.2) is 0 Å². The van der Waals surface area contributed by atoms with Crippen LogP contribution in [0.2, 0.25) is 0 Å². The monoisotopic (exact) mass is 284 g/mol. The molecule has 0 bridgehead atoms. The Labute approximate surface area is 113 Å². The first-order chi connectivity index (χ1) is 8.86. The standard InChI is InChI=1S/C13H17FN2O2S/c1-10(2)4-3-7-16-19(17,18)12-5-6-13(14)11(8-12)9-15/h5-6,8,10,16H,3-4,7H2,1-2H3. The van der Waals surface area contributed by atoms with Gasteiger partial charge in [0.1, 0.15) is 11.9 Å². The molecule has 0 unspecified atom stereocenters. The largest absolute Gasteiger partial charge is 0.240 e. The van der Waals surface area contributed by atoms with Crippen molar-refractivity contribution < 1.29 is 12.8 Å². The molecule has 0 heterocycles. The van der Waals surface area contributed by atoms with Crippen LogP contribution in [0, 0.1) is 23.1 Å². The number of benzene rings is 1. The fraction of sp³-hybridized carbons (Fsp3) is 0.462. The molecule has 1 N–H and O–H groups in total. The molecule has 0 fully saturated rings. The molecule has 0 spiro atoms. The lowest BCUT2D eigenvalue weighted by atomic mass is 10.1. The minimum atomic E-state index is -3.68. The number of nitrogens with one attached hydrogen (secondary N) is 1. The molecule has 1 rings (SSSR count). The molecule has 6 heteroatoms. The third-order valence-corrected chi connectivity index (χ3v) is 4.08. The predicted octanol–water partition coefficient (Wildman–Crippen LogP) is 2.41. The molecule has 0 saturated carbocycles. The van der Waals surface area contributed by atoms with Gasteiger partial charge in [-0.15, -0.1) is 0 Å². The van der Waals surface area contributed by atoms with Crippen LogP contribution < -0.4 is 4.72 Å². The van der Waals surface area contributed by atoms with Crippen LogP contribution in [0.5, 0.6) is 0 Å². The molecule has 104 valence electrons. The molecule has 0 radical (unpaired) electrons. The fourth-order valence-electron chi connectivity index (χ4n) is 1.56. The van der Waals surface area contributed by atoms with E-state index in [1.165, 1.54) is 0 Å². The highest BCUT2D eigenvalue weighted by Crippen LogP contribution is 2.14. The molecule has 0 atom stereocenters. The van der Waals surface area contributed by atoms with Crippen molar-refractivity contribution in [2.45, 2.75) is 31.6 Å². The van der Waals surface area contributed by atoms with E-state index < -0.39 is 15.8 Å². The van der Waals surface area contributed by atoms with Crippen molar-refractivity contribution in [1.29, 1.82) is 5.26 Å². The molecule has 4 nitrogen and oxygen atoms in total. The molecular weight excluding hydrogens is 267 g/mol. The second kappa shape index (κ2) is 6.64. The van der Waals surface area contributed by atoms with E-state index in [4.69, 9.17) is 5.26 Å². The number of nitriles is 1. The van der Waals surface area contributed by atoms with E-state index in [-0.39, 0.29) is 10.5 Å². The van der Waals surface area contributed by atoms with Gasteiger partial charge in [0.05, 0.1) is 10.5 Å². The average molecular weight is 284 g/mol. The molecule has 0 amide bonds. The number of halogens is 1. The summed E-state index contributed by atoms with van der Waals surface area (Å²) in [4.78, 5) is -0.0880. The summed E-state index contributed by atoms with van der Waals surface area (Å²) >= 11 is 0. The number of sulfonamides is 1. The summed E-state index contributed by atoms with van der Waals surface area (Å²) < 4.78 is 39.4.